The van der Waals surface area contributed by atoms with Crippen molar-refractivity contribution in [1.82, 2.24) is 15.3 Å². The van der Waals surface area contributed by atoms with E-state index in [1.807, 2.05) is 29.8 Å². The van der Waals surface area contributed by atoms with Crippen LogP contribution in [0.4, 0.5) is 0 Å². The summed E-state index contributed by atoms with van der Waals surface area (Å²) in [7, 11) is 0. The number of pyridine rings is 1. The van der Waals surface area contributed by atoms with Crippen LogP contribution in [-0.4, -0.2) is 22.4 Å². The van der Waals surface area contributed by atoms with Crippen LogP contribution < -0.4 is 5.32 Å². The van der Waals surface area contributed by atoms with Gasteiger partial charge in [0.05, 0.1) is 11.9 Å². The molecular formula is C13H12N4OS. The normalized spacial score (nSPS) is 17.9. The van der Waals surface area contributed by atoms with Crippen molar-refractivity contribution in [2.75, 3.05) is 0 Å². The Hall–Kier alpha value is -2.05. The highest BCUT2D eigenvalue weighted by molar-refractivity contribution is 7.09. The first-order chi connectivity index (χ1) is 9.42. The third-order valence-electron chi connectivity index (χ3n) is 2.53. The lowest BCUT2D eigenvalue weighted by Crippen LogP contribution is -2.31. The zero-order chi connectivity index (χ0) is 12.9. The summed E-state index contributed by atoms with van der Waals surface area (Å²) in [6.45, 7) is 0.480. The summed E-state index contributed by atoms with van der Waals surface area (Å²) in [6.07, 6.45) is 6.84. The first kappa shape index (κ1) is 12.0. The van der Waals surface area contributed by atoms with Gasteiger partial charge in [-0.1, -0.05) is 6.07 Å². The summed E-state index contributed by atoms with van der Waals surface area (Å²) in [6, 6.07) is 5.73. The number of thiazole rings is 1. The molecule has 1 atom stereocenters. The maximum absolute atomic E-state index is 5.63. The molecular weight excluding hydrogens is 260 g/mol. The highest BCUT2D eigenvalue weighted by Crippen LogP contribution is 2.14. The van der Waals surface area contributed by atoms with Crippen LogP contribution in [0.3, 0.4) is 0 Å². The third-order valence-corrected chi connectivity index (χ3v) is 3.28. The van der Waals surface area contributed by atoms with Crippen LogP contribution in [0.2, 0.25) is 0 Å². The number of aliphatic imine (C=N–C) groups is 1. The fourth-order valence-electron chi connectivity index (χ4n) is 1.62. The first-order valence-corrected chi connectivity index (χ1v) is 6.71. The minimum atomic E-state index is -0.226. The standard InChI is InChI=1S/C13H12N4OS/c1-2-4-14-10(3-1)11-7-17-12(8-16-11)18-9-13-15-5-6-19-13/h1-8,12,17H,9H2. The Morgan fingerprint density at radius 2 is 2.26 bits per heavy atom. The Labute approximate surface area is 114 Å². The minimum absolute atomic E-state index is 0.226. The molecule has 0 spiro atoms. The number of ether oxygens (including phenoxy) is 1. The molecule has 0 saturated carbocycles. The molecule has 0 bridgehead atoms. The Bertz CT molecular complexity index is 580. The summed E-state index contributed by atoms with van der Waals surface area (Å²) in [5.41, 5.74) is 1.64. The monoisotopic (exact) mass is 272 g/mol. The van der Waals surface area contributed by atoms with Crippen molar-refractivity contribution in [2.45, 2.75) is 12.8 Å². The molecule has 19 heavy (non-hydrogen) atoms. The molecule has 3 heterocycles. The summed E-state index contributed by atoms with van der Waals surface area (Å²) in [5, 5.41) is 6.02. The second-order valence-corrected chi connectivity index (χ2v) is 4.83. The molecule has 2 aromatic rings. The van der Waals surface area contributed by atoms with Crippen LogP contribution in [0.5, 0.6) is 0 Å². The molecule has 0 saturated heterocycles. The van der Waals surface area contributed by atoms with Gasteiger partial charge in [-0.3, -0.25) is 9.98 Å². The highest BCUT2D eigenvalue weighted by atomic mass is 32.1. The summed E-state index contributed by atoms with van der Waals surface area (Å²) >= 11 is 1.58. The lowest BCUT2D eigenvalue weighted by Gasteiger charge is -2.17. The van der Waals surface area contributed by atoms with Crippen LogP contribution in [0, 0.1) is 0 Å². The molecule has 1 aliphatic heterocycles. The molecule has 0 radical (unpaired) electrons. The molecule has 3 rings (SSSR count). The molecule has 0 amide bonds. The van der Waals surface area contributed by atoms with Crippen molar-refractivity contribution in [3.63, 3.8) is 0 Å². The minimum Gasteiger partial charge on any atom is -0.360 e. The van der Waals surface area contributed by atoms with Crippen molar-refractivity contribution >= 4 is 23.2 Å². The summed E-state index contributed by atoms with van der Waals surface area (Å²) < 4.78 is 5.63. The van der Waals surface area contributed by atoms with Gasteiger partial charge in [-0.2, -0.15) is 0 Å². The van der Waals surface area contributed by atoms with E-state index in [1.165, 1.54) is 0 Å². The second-order valence-electron chi connectivity index (χ2n) is 3.85. The lowest BCUT2D eigenvalue weighted by atomic mass is 10.3. The second kappa shape index (κ2) is 5.73. The number of nitrogens with zero attached hydrogens (tertiary/aromatic N) is 3. The third kappa shape index (κ3) is 3.04. The van der Waals surface area contributed by atoms with E-state index in [-0.39, 0.29) is 6.23 Å². The van der Waals surface area contributed by atoms with Gasteiger partial charge < -0.3 is 10.1 Å². The van der Waals surface area contributed by atoms with Gasteiger partial charge in [-0.25, -0.2) is 4.98 Å². The van der Waals surface area contributed by atoms with E-state index < -0.39 is 0 Å². The van der Waals surface area contributed by atoms with E-state index in [2.05, 4.69) is 20.3 Å². The number of nitrogens with one attached hydrogen (secondary N) is 1. The molecule has 0 fully saturated rings. The van der Waals surface area contributed by atoms with E-state index in [4.69, 9.17) is 4.74 Å². The molecule has 0 aromatic carbocycles. The Balaban J connectivity index is 1.57. The average molecular weight is 272 g/mol. The fraction of sp³-hybridized carbons (Fsp3) is 0.154. The molecule has 1 unspecified atom stereocenters. The van der Waals surface area contributed by atoms with E-state index >= 15 is 0 Å². The zero-order valence-electron chi connectivity index (χ0n) is 10.1. The van der Waals surface area contributed by atoms with Crippen molar-refractivity contribution in [3.8, 4) is 0 Å². The van der Waals surface area contributed by atoms with E-state index in [9.17, 15) is 0 Å². The van der Waals surface area contributed by atoms with Gasteiger partial charge in [-0.05, 0) is 12.1 Å². The van der Waals surface area contributed by atoms with Crippen LogP contribution in [0.15, 0.2) is 47.2 Å². The zero-order valence-corrected chi connectivity index (χ0v) is 10.9. The Kier molecular flexibility index (Phi) is 3.62. The molecule has 0 aliphatic carbocycles. The molecule has 1 aliphatic rings. The van der Waals surface area contributed by atoms with Gasteiger partial charge in [0.1, 0.15) is 17.3 Å². The van der Waals surface area contributed by atoms with E-state index in [0.29, 0.717) is 6.61 Å². The highest BCUT2D eigenvalue weighted by Gasteiger charge is 2.11. The Morgan fingerprint density at radius 3 is 2.95 bits per heavy atom. The molecule has 1 N–H and O–H groups in total. The van der Waals surface area contributed by atoms with Gasteiger partial charge in [-0.15, -0.1) is 11.3 Å². The maximum Gasteiger partial charge on any atom is 0.164 e. The van der Waals surface area contributed by atoms with Crippen molar-refractivity contribution in [2.24, 2.45) is 4.99 Å². The Morgan fingerprint density at radius 1 is 1.26 bits per heavy atom. The quantitative estimate of drug-likeness (QED) is 0.925. The van der Waals surface area contributed by atoms with E-state index in [1.54, 1.807) is 29.9 Å². The van der Waals surface area contributed by atoms with Gasteiger partial charge in [0.15, 0.2) is 6.23 Å². The van der Waals surface area contributed by atoms with Crippen LogP contribution >= 0.6 is 11.3 Å². The topological polar surface area (TPSA) is 59.4 Å². The molecule has 2 aromatic heterocycles. The van der Waals surface area contributed by atoms with Gasteiger partial charge in [0, 0.05) is 24.0 Å². The predicted octanol–water partition coefficient (Wildman–Crippen LogP) is 2.05. The maximum atomic E-state index is 5.63. The van der Waals surface area contributed by atoms with Crippen LogP contribution in [0.25, 0.3) is 5.70 Å². The summed E-state index contributed by atoms with van der Waals surface area (Å²) in [5.74, 6) is 0. The van der Waals surface area contributed by atoms with Gasteiger partial charge in [0.25, 0.3) is 0 Å². The number of rotatable bonds is 4. The SMILES string of the molecule is C1=NC(c2ccccn2)=CNC1OCc1nccs1. The van der Waals surface area contributed by atoms with E-state index in [0.717, 1.165) is 16.4 Å². The van der Waals surface area contributed by atoms with Crippen molar-refractivity contribution in [3.05, 3.63) is 52.9 Å². The number of hydrogen-bond donors (Lipinski definition) is 1. The van der Waals surface area contributed by atoms with Crippen LogP contribution in [-0.2, 0) is 11.3 Å². The molecule has 6 heteroatoms. The predicted molar refractivity (Wildman–Crippen MR) is 74.5 cm³/mol. The molecule has 5 nitrogen and oxygen atoms in total. The van der Waals surface area contributed by atoms with Crippen molar-refractivity contribution in [1.29, 1.82) is 0 Å². The fourth-order valence-corrected chi connectivity index (χ4v) is 2.16. The average Bonchev–Trinajstić information content (AvgIpc) is 3.00. The van der Waals surface area contributed by atoms with Crippen LogP contribution in [0.1, 0.15) is 10.7 Å². The number of aromatic nitrogens is 2. The summed E-state index contributed by atoms with van der Waals surface area (Å²) in [4.78, 5) is 12.8. The van der Waals surface area contributed by atoms with Gasteiger partial charge >= 0.3 is 0 Å². The lowest BCUT2D eigenvalue weighted by molar-refractivity contribution is 0.0740. The van der Waals surface area contributed by atoms with Crippen molar-refractivity contribution < 1.29 is 4.74 Å². The smallest absolute Gasteiger partial charge is 0.164 e. The largest absolute Gasteiger partial charge is 0.360 e. The first-order valence-electron chi connectivity index (χ1n) is 5.83. The number of hydrogen-bond acceptors (Lipinski definition) is 6. The van der Waals surface area contributed by atoms with Gasteiger partial charge in [0.2, 0.25) is 0 Å². The molecule has 96 valence electrons.